The van der Waals surface area contributed by atoms with Gasteiger partial charge in [-0.1, -0.05) is 20.8 Å². The van der Waals surface area contributed by atoms with Crippen molar-refractivity contribution in [3.8, 4) is 6.07 Å². The molecular weight excluding hydrogens is 158 g/mol. The van der Waals surface area contributed by atoms with Crippen LogP contribution in [0.1, 0.15) is 40.0 Å². The van der Waals surface area contributed by atoms with Crippen LogP contribution in [0, 0.1) is 28.1 Å². The molecule has 0 aromatic carbocycles. The lowest BCUT2D eigenvalue weighted by Gasteiger charge is -2.36. The first-order valence-electron chi connectivity index (χ1n) is 5.11. The molecule has 2 bridgehead atoms. The van der Waals surface area contributed by atoms with E-state index >= 15 is 0 Å². The highest BCUT2D eigenvalue weighted by molar-refractivity contribution is 5.34. The van der Waals surface area contributed by atoms with Gasteiger partial charge in [-0.2, -0.15) is 5.26 Å². The first-order chi connectivity index (χ1) is 6.00. The Morgan fingerprint density at radius 2 is 2.15 bits per heavy atom. The van der Waals surface area contributed by atoms with Crippen LogP contribution in [0.2, 0.25) is 0 Å². The summed E-state index contributed by atoms with van der Waals surface area (Å²) in [6, 6.07) is 2.21. The van der Waals surface area contributed by atoms with Crippen molar-refractivity contribution in [2.75, 3.05) is 0 Å². The molecule has 2 atom stereocenters. The van der Waals surface area contributed by atoms with E-state index in [4.69, 9.17) is 5.26 Å². The van der Waals surface area contributed by atoms with Gasteiger partial charge in [0.15, 0.2) is 0 Å². The molecule has 2 aliphatic carbocycles. The fourth-order valence-corrected chi connectivity index (χ4v) is 3.52. The molecule has 0 saturated heterocycles. The van der Waals surface area contributed by atoms with Gasteiger partial charge in [0.1, 0.15) is 0 Å². The van der Waals surface area contributed by atoms with Gasteiger partial charge in [0, 0.05) is 6.08 Å². The van der Waals surface area contributed by atoms with Gasteiger partial charge in [-0.15, -0.1) is 0 Å². The highest BCUT2D eigenvalue weighted by Crippen LogP contribution is 2.65. The zero-order valence-corrected chi connectivity index (χ0v) is 8.72. The minimum absolute atomic E-state index is 0.280. The second-order valence-corrected chi connectivity index (χ2v) is 5.41. The second-order valence-electron chi connectivity index (χ2n) is 5.41. The maximum Gasteiger partial charge on any atom is 0.0911 e. The summed E-state index contributed by atoms with van der Waals surface area (Å²) in [6.07, 6.45) is 5.74. The van der Waals surface area contributed by atoms with Crippen LogP contribution in [0.5, 0.6) is 0 Å². The average molecular weight is 175 g/mol. The number of allylic oxidation sites excluding steroid dienone is 2. The molecule has 2 fully saturated rings. The summed E-state index contributed by atoms with van der Waals surface area (Å²) >= 11 is 0. The van der Waals surface area contributed by atoms with Crippen LogP contribution in [0.4, 0.5) is 0 Å². The quantitative estimate of drug-likeness (QED) is 0.518. The van der Waals surface area contributed by atoms with Crippen molar-refractivity contribution in [1.82, 2.24) is 0 Å². The van der Waals surface area contributed by atoms with E-state index in [1.54, 1.807) is 6.08 Å². The zero-order valence-electron chi connectivity index (χ0n) is 8.72. The number of rotatable bonds is 0. The predicted molar refractivity (Wildman–Crippen MR) is 52.9 cm³/mol. The van der Waals surface area contributed by atoms with E-state index in [0.717, 1.165) is 5.92 Å². The van der Waals surface area contributed by atoms with E-state index in [-0.39, 0.29) is 5.41 Å². The van der Waals surface area contributed by atoms with Crippen molar-refractivity contribution in [3.63, 3.8) is 0 Å². The number of fused-ring (bicyclic) bond motifs is 2. The molecule has 0 aromatic heterocycles. The Balaban J connectivity index is 2.47. The number of nitriles is 1. The summed E-state index contributed by atoms with van der Waals surface area (Å²) in [7, 11) is 0. The predicted octanol–water partition coefficient (Wildman–Crippen LogP) is 3.28. The molecule has 13 heavy (non-hydrogen) atoms. The van der Waals surface area contributed by atoms with Crippen molar-refractivity contribution >= 4 is 0 Å². The third kappa shape index (κ3) is 0.981. The van der Waals surface area contributed by atoms with Gasteiger partial charge in [0.25, 0.3) is 0 Å². The summed E-state index contributed by atoms with van der Waals surface area (Å²) in [6.45, 7) is 6.92. The van der Waals surface area contributed by atoms with Gasteiger partial charge in [-0.25, -0.2) is 0 Å². The number of hydrogen-bond donors (Lipinski definition) is 0. The summed E-state index contributed by atoms with van der Waals surface area (Å²) in [5.41, 5.74) is 2.03. The summed E-state index contributed by atoms with van der Waals surface area (Å²) in [4.78, 5) is 0. The topological polar surface area (TPSA) is 23.8 Å². The SMILES string of the molecule is CC12CCC(C1)C(C)(C)/C2=C/C#N. The lowest BCUT2D eigenvalue weighted by molar-refractivity contribution is 0.274. The molecule has 1 nitrogen and oxygen atoms in total. The van der Waals surface area contributed by atoms with E-state index in [2.05, 4.69) is 26.8 Å². The van der Waals surface area contributed by atoms with Crippen LogP contribution < -0.4 is 0 Å². The first kappa shape index (κ1) is 8.81. The van der Waals surface area contributed by atoms with Gasteiger partial charge in [-0.05, 0) is 41.6 Å². The molecule has 2 unspecified atom stereocenters. The monoisotopic (exact) mass is 175 g/mol. The van der Waals surface area contributed by atoms with Crippen molar-refractivity contribution < 1.29 is 0 Å². The number of hydrogen-bond acceptors (Lipinski definition) is 1. The third-order valence-corrected chi connectivity index (χ3v) is 4.32. The lowest BCUT2D eigenvalue weighted by Crippen LogP contribution is -2.26. The molecular formula is C12H17N. The number of nitrogens with zero attached hydrogens (tertiary/aromatic N) is 1. The molecule has 2 aliphatic rings. The molecule has 0 N–H and O–H groups in total. The highest BCUT2D eigenvalue weighted by Gasteiger charge is 2.55. The fraction of sp³-hybridized carbons (Fsp3) is 0.750. The van der Waals surface area contributed by atoms with Gasteiger partial charge in [-0.3, -0.25) is 0 Å². The molecule has 0 aliphatic heterocycles. The molecule has 0 radical (unpaired) electrons. The van der Waals surface area contributed by atoms with Crippen molar-refractivity contribution in [3.05, 3.63) is 11.6 Å². The normalized spacial score (nSPS) is 43.8. The Hall–Kier alpha value is -0.770. The van der Waals surface area contributed by atoms with E-state index in [1.807, 2.05) is 0 Å². The Morgan fingerprint density at radius 3 is 2.62 bits per heavy atom. The molecule has 1 heteroatoms. The standard InChI is InChI=1S/C12H17N/c1-11(2)9-4-6-12(3,8-9)10(11)5-7-13/h5,9H,4,6,8H2,1-3H3/b10-5-. The largest absolute Gasteiger partial charge is 0.193 e. The third-order valence-electron chi connectivity index (χ3n) is 4.32. The van der Waals surface area contributed by atoms with Gasteiger partial charge < -0.3 is 0 Å². The highest BCUT2D eigenvalue weighted by atomic mass is 14.6. The molecule has 0 amide bonds. The molecule has 2 saturated carbocycles. The van der Waals surface area contributed by atoms with E-state index in [0.29, 0.717) is 5.41 Å². The van der Waals surface area contributed by atoms with Crippen molar-refractivity contribution in [2.24, 2.45) is 16.7 Å². The summed E-state index contributed by atoms with van der Waals surface area (Å²) in [5.74, 6) is 0.817. The van der Waals surface area contributed by atoms with Gasteiger partial charge in [0.2, 0.25) is 0 Å². The van der Waals surface area contributed by atoms with Crippen LogP contribution in [0.25, 0.3) is 0 Å². The summed E-state index contributed by atoms with van der Waals surface area (Å²) in [5, 5.41) is 8.78. The van der Waals surface area contributed by atoms with Gasteiger partial charge >= 0.3 is 0 Å². The van der Waals surface area contributed by atoms with Crippen molar-refractivity contribution in [1.29, 1.82) is 5.26 Å². The van der Waals surface area contributed by atoms with Crippen LogP contribution >= 0.6 is 0 Å². The maximum atomic E-state index is 8.78. The minimum Gasteiger partial charge on any atom is -0.193 e. The van der Waals surface area contributed by atoms with Gasteiger partial charge in [0.05, 0.1) is 6.07 Å². The Morgan fingerprint density at radius 1 is 1.46 bits per heavy atom. The Bertz CT molecular complexity index is 299. The smallest absolute Gasteiger partial charge is 0.0911 e. The molecule has 70 valence electrons. The maximum absolute atomic E-state index is 8.78. The zero-order chi connectivity index (χ0) is 9.69. The van der Waals surface area contributed by atoms with Crippen LogP contribution in [0.3, 0.4) is 0 Å². The van der Waals surface area contributed by atoms with E-state index in [9.17, 15) is 0 Å². The van der Waals surface area contributed by atoms with Crippen LogP contribution in [0.15, 0.2) is 11.6 Å². The van der Waals surface area contributed by atoms with E-state index in [1.165, 1.54) is 24.8 Å². The minimum atomic E-state index is 0.280. The Kier molecular flexibility index (Phi) is 1.61. The molecule has 2 rings (SSSR count). The average Bonchev–Trinajstić information content (AvgIpc) is 2.50. The van der Waals surface area contributed by atoms with E-state index < -0.39 is 0 Å². The molecule has 0 spiro atoms. The molecule has 0 heterocycles. The van der Waals surface area contributed by atoms with Crippen molar-refractivity contribution in [2.45, 2.75) is 40.0 Å². The molecule has 0 aromatic rings. The fourth-order valence-electron chi connectivity index (χ4n) is 3.52. The first-order valence-corrected chi connectivity index (χ1v) is 5.11. The Labute approximate surface area is 80.4 Å². The second kappa shape index (κ2) is 2.38. The lowest BCUT2D eigenvalue weighted by atomic mass is 9.68. The summed E-state index contributed by atoms with van der Waals surface area (Å²) < 4.78 is 0. The van der Waals surface area contributed by atoms with Crippen LogP contribution in [-0.4, -0.2) is 0 Å². The van der Waals surface area contributed by atoms with Crippen LogP contribution in [-0.2, 0) is 0 Å².